The standard InChI is InChI=1S/C22H26N6O/c1-3-29-20-10-5-4-9-19(20)24-22-25-21(16-23-26-22)28-13-11-27(12-14-28)18-8-6-7-17(2)15-18/h4-10,15-16H,3,11-14H2,1-2H3,(H,24,25,26). The van der Waals surface area contributed by atoms with Gasteiger partial charge in [0.25, 0.3) is 0 Å². The molecule has 1 N–H and O–H groups in total. The number of aryl methyl sites for hydroxylation is 1. The minimum Gasteiger partial charge on any atom is -0.492 e. The highest BCUT2D eigenvalue weighted by molar-refractivity contribution is 5.63. The third-order valence-corrected chi connectivity index (χ3v) is 4.95. The van der Waals surface area contributed by atoms with Crippen LogP contribution in [0.25, 0.3) is 0 Å². The number of hydrogen-bond donors (Lipinski definition) is 1. The predicted octanol–water partition coefficient (Wildman–Crippen LogP) is 3.65. The lowest BCUT2D eigenvalue weighted by Crippen LogP contribution is -2.47. The first-order chi connectivity index (χ1) is 14.2. The number of ether oxygens (including phenoxy) is 1. The van der Waals surface area contributed by atoms with Crippen molar-refractivity contribution in [2.24, 2.45) is 0 Å². The van der Waals surface area contributed by atoms with E-state index in [9.17, 15) is 0 Å². The van der Waals surface area contributed by atoms with E-state index in [1.54, 1.807) is 6.20 Å². The Bertz CT molecular complexity index is 955. The van der Waals surface area contributed by atoms with Gasteiger partial charge in [0.2, 0.25) is 5.95 Å². The van der Waals surface area contributed by atoms with Crippen LogP contribution < -0.4 is 19.9 Å². The molecule has 0 spiro atoms. The van der Waals surface area contributed by atoms with Gasteiger partial charge in [0.15, 0.2) is 5.82 Å². The predicted molar refractivity (Wildman–Crippen MR) is 116 cm³/mol. The molecule has 29 heavy (non-hydrogen) atoms. The third-order valence-electron chi connectivity index (χ3n) is 4.95. The van der Waals surface area contributed by atoms with Crippen molar-refractivity contribution in [3.63, 3.8) is 0 Å². The van der Waals surface area contributed by atoms with Crippen molar-refractivity contribution < 1.29 is 4.74 Å². The van der Waals surface area contributed by atoms with E-state index < -0.39 is 0 Å². The van der Waals surface area contributed by atoms with Crippen molar-refractivity contribution in [1.82, 2.24) is 15.2 Å². The van der Waals surface area contributed by atoms with Crippen LogP contribution in [0.15, 0.2) is 54.7 Å². The average molecular weight is 390 g/mol. The number of nitrogens with one attached hydrogen (secondary N) is 1. The van der Waals surface area contributed by atoms with Crippen LogP contribution >= 0.6 is 0 Å². The molecule has 2 heterocycles. The highest BCUT2D eigenvalue weighted by Gasteiger charge is 2.19. The maximum atomic E-state index is 5.66. The van der Waals surface area contributed by atoms with Crippen LogP contribution in [-0.4, -0.2) is 48.0 Å². The fraction of sp³-hybridized carbons (Fsp3) is 0.318. The molecular weight excluding hydrogens is 364 g/mol. The molecule has 1 saturated heterocycles. The third kappa shape index (κ3) is 4.56. The number of piperazine rings is 1. The summed E-state index contributed by atoms with van der Waals surface area (Å²) in [7, 11) is 0. The van der Waals surface area contributed by atoms with Gasteiger partial charge in [0.1, 0.15) is 5.75 Å². The lowest BCUT2D eigenvalue weighted by Gasteiger charge is -2.36. The molecule has 0 saturated carbocycles. The van der Waals surface area contributed by atoms with E-state index in [0.29, 0.717) is 12.6 Å². The minimum absolute atomic E-state index is 0.468. The number of hydrogen-bond acceptors (Lipinski definition) is 7. The number of rotatable bonds is 6. The van der Waals surface area contributed by atoms with Crippen LogP contribution in [-0.2, 0) is 0 Å². The fourth-order valence-corrected chi connectivity index (χ4v) is 3.49. The molecule has 1 aromatic heterocycles. The molecular formula is C22H26N6O. The Morgan fingerprint density at radius 1 is 1.00 bits per heavy atom. The maximum absolute atomic E-state index is 5.66. The Kier molecular flexibility index (Phi) is 5.74. The molecule has 7 heteroatoms. The van der Waals surface area contributed by atoms with Crippen molar-refractivity contribution in [2.75, 3.05) is 47.9 Å². The van der Waals surface area contributed by atoms with Crippen molar-refractivity contribution in [3.8, 4) is 5.75 Å². The van der Waals surface area contributed by atoms with Gasteiger partial charge in [-0.3, -0.25) is 0 Å². The van der Waals surface area contributed by atoms with Crippen LogP contribution in [0.3, 0.4) is 0 Å². The molecule has 4 rings (SSSR count). The first-order valence-electron chi connectivity index (χ1n) is 9.98. The summed E-state index contributed by atoms with van der Waals surface area (Å²) >= 11 is 0. The van der Waals surface area contributed by atoms with E-state index in [2.05, 4.69) is 61.5 Å². The van der Waals surface area contributed by atoms with E-state index in [1.807, 2.05) is 31.2 Å². The highest BCUT2D eigenvalue weighted by atomic mass is 16.5. The molecule has 0 unspecified atom stereocenters. The molecule has 1 fully saturated rings. The smallest absolute Gasteiger partial charge is 0.249 e. The van der Waals surface area contributed by atoms with Gasteiger partial charge in [0.05, 0.1) is 18.5 Å². The summed E-state index contributed by atoms with van der Waals surface area (Å²) in [5, 5.41) is 11.5. The lowest BCUT2D eigenvalue weighted by atomic mass is 10.2. The zero-order valence-electron chi connectivity index (χ0n) is 16.9. The largest absolute Gasteiger partial charge is 0.492 e. The van der Waals surface area contributed by atoms with E-state index in [1.165, 1.54) is 11.3 Å². The Morgan fingerprint density at radius 3 is 2.59 bits per heavy atom. The molecule has 0 radical (unpaired) electrons. The Balaban J connectivity index is 1.43. The number of anilines is 4. The second-order valence-corrected chi connectivity index (χ2v) is 7.01. The quantitative estimate of drug-likeness (QED) is 0.689. The summed E-state index contributed by atoms with van der Waals surface area (Å²) < 4.78 is 5.66. The van der Waals surface area contributed by atoms with E-state index in [0.717, 1.165) is 43.4 Å². The molecule has 2 aromatic carbocycles. The Morgan fingerprint density at radius 2 is 1.79 bits per heavy atom. The molecule has 0 bridgehead atoms. The average Bonchev–Trinajstić information content (AvgIpc) is 2.76. The van der Waals surface area contributed by atoms with Gasteiger partial charge in [-0.25, -0.2) is 0 Å². The summed E-state index contributed by atoms with van der Waals surface area (Å²) in [6.45, 7) is 8.37. The van der Waals surface area contributed by atoms with Gasteiger partial charge in [-0.2, -0.15) is 10.1 Å². The van der Waals surface area contributed by atoms with Crippen molar-refractivity contribution >= 4 is 23.1 Å². The molecule has 1 aliphatic heterocycles. The van der Waals surface area contributed by atoms with Gasteiger partial charge in [-0.15, -0.1) is 5.10 Å². The second-order valence-electron chi connectivity index (χ2n) is 7.01. The first-order valence-corrected chi connectivity index (χ1v) is 9.98. The van der Waals surface area contributed by atoms with Crippen LogP contribution in [0, 0.1) is 6.92 Å². The molecule has 0 aliphatic carbocycles. The Hall–Kier alpha value is -3.35. The van der Waals surface area contributed by atoms with Crippen molar-refractivity contribution in [1.29, 1.82) is 0 Å². The van der Waals surface area contributed by atoms with E-state index >= 15 is 0 Å². The van der Waals surface area contributed by atoms with Gasteiger partial charge < -0.3 is 19.9 Å². The summed E-state index contributed by atoms with van der Waals surface area (Å²) in [5.41, 5.74) is 3.39. The second kappa shape index (κ2) is 8.77. The van der Waals surface area contributed by atoms with Crippen LogP contribution in [0.2, 0.25) is 0 Å². The summed E-state index contributed by atoms with van der Waals surface area (Å²) in [6, 6.07) is 16.4. The zero-order valence-corrected chi connectivity index (χ0v) is 16.9. The van der Waals surface area contributed by atoms with Crippen LogP contribution in [0.1, 0.15) is 12.5 Å². The van der Waals surface area contributed by atoms with Gasteiger partial charge in [-0.1, -0.05) is 24.3 Å². The summed E-state index contributed by atoms with van der Waals surface area (Å²) in [5.74, 6) is 2.08. The van der Waals surface area contributed by atoms with Crippen LogP contribution in [0.5, 0.6) is 5.75 Å². The zero-order chi connectivity index (χ0) is 20.1. The van der Waals surface area contributed by atoms with E-state index in [-0.39, 0.29) is 0 Å². The number of benzene rings is 2. The molecule has 150 valence electrons. The molecule has 3 aromatic rings. The van der Waals surface area contributed by atoms with E-state index in [4.69, 9.17) is 4.74 Å². The van der Waals surface area contributed by atoms with Gasteiger partial charge >= 0.3 is 0 Å². The molecule has 0 atom stereocenters. The number of aromatic nitrogens is 3. The summed E-state index contributed by atoms with van der Waals surface area (Å²) in [4.78, 5) is 9.33. The summed E-state index contributed by atoms with van der Waals surface area (Å²) in [6.07, 6.45) is 1.72. The Labute approximate surface area is 171 Å². The molecule has 1 aliphatic rings. The fourth-order valence-electron chi connectivity index (χ4n) is 3.49. The SMILES string of the molecule is CCOc1ccccc1Nc1nncc(N2CCN(c3cccc(C)c3)CC2)n1. The van der Waals surface area contributed by atoms with Gasteiger partial charge in [0, 0.05) is 31.9 Å². The monoisotopic (exact) mass is 390 g/mol. The lowest BCUT2D eigenvalue weighted by molar-refractivity contribution is 0.342. The topological polar surface area (TPSA) is 66.4 Å². The normalized spacial score (nSPS) is 14.0. The number of para-hydroxylation sites is 2. The maximum Gasteiger partial charge on any atom is 0.249 e. The van der Waals surface area contributed by atoms with Crippen molar-refractivity contribution in [3.05, 3.63) is 60.3 Å². The minimum atomic E-state index is 0.468. The first kappa shape index (κ1) is 19.0. The highest BCUT2D eigenvalue weighted by Crippen LogP contribution is 2.26. The van der Waals surface area contributed by atoms with Crippen molar-refractivity contribution in [2.45, 2.75) is 13.8 Å². The van der Waals surface area contributed by atoms with Crippen LogP contribution in [0.4, 0.5) is 23.1 Å². The number of nitrogens with zero attached hydrogens (tertiary/aromatic N) is 5. The molecule has 0 amide bonds. The molecule has 7 nitrogen and oxygen atoms in total. The van der Waals surface area contributed by atoms with Gasteiger partial charge in [-0.05, 0) is 43.7 Å².